The Balaban J connectivity index is 2.96. The minimum absolute atomic E-state index is 0.615. The van der Waals surface area contributed by atoms with Gasteiger partial charge in [-0.1, -0.05) is 39.7 Å². The summed E-state index contributed by atoms with van der Waals surface area (Å²) >= 11 is 4.53. The fourth-order valence-corrected chi connectivity index (χ4v) is 2.40. The number of thiol groups is 1. The van der Waals surface area contributed by atoms with Crippen molar-refractivity contribution in [3.05, 3.63) is 28.8 Å². The maximum Gasteiger partial charge on any atom is 0.00721 e. The average molecular weight is 236 g/mol. The van der Waals surface area contributed by atoms with Crippen LogP contribution < -0.4 is 0 Å². The Morgan fingerprint density at radius 2 is 1.88 bits per heavy atom. The van der Waals surface area contributed by atoms with Crippen LogP contribution in [0.4, 0.5) is 0 Å². The van der Waals surface area contributed by atoms with Crippen LogP contribution in [0.1, 0.15) is 62.6 Å². The third-order valence-electron chi connectivity index (χ3n) is 3.26. The highest BCUT2D eigenvalue weighted by atomic mass is 32.1. The molecule has 0 saturated heterocycles. The fourth-order valence-electron chi connectivity index (χ4n) is 2.19. The quantitative estimate of drug-likeness (QED) is 0.531. The Labute approximate surface area is 106 Å². The van der Waals surface area contributed by atoms with Crippen LogP contribution in [0.25, 0.3) is 0 Å². The van der Waals surface area contributed by atoms with Crippen LogP contribution in [-0.4, -0.2) is 0 Å². The van der Waals surface area contributed by atoms with Gasteiger partial charge in [0.25, 0.3) is 0 Å². The smallest absolute Gasteiger partial charge is 0.00721 e. The van der Waals surface area contributed by atoms with E-state index in [2.05, 4.69) is 52.5 Å². The molecule has 0 unspecified atom stereocenters. The molecule has 0 N–H and O–H groups in total. The molecule has 1 heteroatoms. The van der Waals surface area contributed by atoms with Crippen molar-refractivity contribution in [2.45, 2.75) is 64.2 Å². The van der Waals surface area contributed by atoms with Crippen molar-refractivity contribution < 1.29 is 0 Å². The van der Waals surface area contributed by atoms with Crippen LogP contribution in [-0.2, 0) is 6.42 Å². The van der Waals surface area contributed by atoms with Crippen molar-refractivity contribution in [3.63, 3.8) is 0 Å². The molecule has 0 amide bonds. The van der Waals surface area contributed by atoms with Crippen molar-refractivity contribution in [1.82, 2.24) is 0 Å². The highest BCUT2D eigenvalue weighted by Gasteiger charge is 2.10. The number of hydrogen-bond donors (Lipinski definition) is 1. The van der Waals surface area contributed by atoms with Crippen molar-refractivity contribution in [3.8, 4) is 0 Å². The Morgan fingerprint density at radius 1 is 1.19 bits per heavy atom. The predicted octanol–water partition coefficient (Wildman–Crippen LogP) is 5.14. The van der Waals surface area contributed by atoms with E-state index in [4.69, 9.17) is 0 Å². The van der Waals surface area contributed by atoms with E-state index < -0.39 is 0 Å². The molecular formula is C15H24S. The molecule has 0 atom stereocenters. The van der Waals surface area contributed by atoms with Gasteiger partial charge in [0.15, 0.2) is 0 Å². The van der Waals surface area contributed by atoms with E-state index in [1.165, 1.54) is 42.4 Å². The summed E-state index contributed by atoms with van der Waals surface area (Å²) in [7, 11) is 0. The second-order valence-corrected chi connectivity index (χ2v) is 5.37. The summed E-state index contributed by atoms with van der Waals surface area (Å²) in [5.41, 5.74) is 4.42. The topological polar surface area (TPSA) is 0 Å². The average Bonchev–Trinajstić information content (AvgIpc) is 2.24. The van der Waals surface area contributed by atoms with Crippen LogP contribution >= 0.6 is 12.6 Å². The monoisotopic (exact) mass is 236 g/mol. The van der Waals surface area contributed by atoms with Crippen molar-refractivity contribution >= 4 is 12.6 Å². The summed E-state index contributed by atoms with van der Waals surface area (Å²) < 4.78 is 0. The summed E-state index contributed by atoms with van der Waals surface area (Å²) in [6, 6.07) is 4.39. The number of unbranched alkanes of at least 4 members (excludes halogenated alkanes) is 2. The van der Waals surface area contributed by atoms with Gasteiger partial charge in [-0.25, -0.2) is 0 Å². The van der Waals surface area contributed by atoms with Crippen LogP contribution in [0.2, 0.25) is 0 Å². The SMILES string of the molecule is CCCCCc1c(C(C)C)ccc(S)c1C. The third-order valence-corrected chi connectivity index (χ3v) is 3.74. The molecule has 0 aromatic heterocycles. The molecule has 1 aromatic carbocycles. The van der Waals surface area contributed by atoms with Gasteiger partial charge in [-0.05, 0) is 48.4 Å². The van der Waals surface area contributed by atoms with Crippen LogP contribution in [0.3, 0.4) is 0 Å². The molecule has 0 aliphatic heterocycles. The lowest BCUT2D eigenvalue weighted by Crippen LogP contribution is -2.00. The Kier molecular flexibility index (Phi) is 5.40. The lowest BCUT2D eigenvalue weighted by atomic mass is 9.90. The minimum atomic E-state index is 0.615. The highest BCUT2D eigenvalue weighted by Crippen LogP contribution is 2.28. The Hall–Kier alpha value is -0.430. The van der Waals surface area contributed by atoms with Crippen molar-refractivity contribution in [1.29, 1.82) is 0 Å². The summed E-state index contributed by atoms with van der Waals surface area (Å²) in [6.45, 7) is 9.01. The van der Waals surface area contributed by atoms with Gasteiger partial charge in [-0.15, -0.1) is 12.6 Å². The van der Waals surface area contributed by atoms with Gasteiger partial charge in [-0.2, -0.15) is 0 Å². The lowest BCUT2D eigenvalue weighted by molar-refractivity contribution is 0.703. The molecule has 0 bridgehead atoms. The third kappa shape index (κ3) is 3.28. The molecule has 0 aliphatic rings. The van der Waals surface area contributed by atoms with Gasteiger partial charge in [0.1, 0.15) is 0 Å². The Morgan fingerprint density at radius 3 is 2.44 bits per heavy atom. The lowest BCUT2D eigenvalue weighted by Gasteiger charge is -2.17. The molecule has 1 aromatic rings. The first kappa shape index (κ1) is 13.6. The first-order valence-corrected chi connectivity index (χ1v) is 6.84. The van der Waals surface area contributed by atoms with E-state index in [1.807, 2.05) is 0 Å². The molecule has 0 fully saturated rings. The number of rotatable bonds is 5. The number of benzene rings is 1. The standard InChI is InChI=1S/C15H24S/c1-5-6-7-8-14-12(4)15(16)10-9-13(14)11(2)3/h9-11,16H,5-8H2,1-4H3. The van der Waals surface area contributed by atoms with Gasteiger partial charge < -0.3 is 0 Å². The molecule has 0 nitrogen and oxygen atoms in total. The van der Waals surface area contributed by atoms with Crippen molar-refractivity contribution in [2.75, 3.05) is 0 Å². The zero-order valence-corrected chi connectivity index (χ0v) is 11.9. The van der Waals surface area contributed by atoms with Crippen LogP contribution in [0.15, 0.2) is 17.0 Å². The first-order valence-electron chi connectivity index (χ1n) is 6.39. The van der Waals surface area contributed by atoms with E-state index in [0.717, 1.165) is 4.90 Å². The van der Waals surface area contributed by atoms with Gasteiger partial charge >= 0.3 is 0 Å². The van der Waals surface area contributed by atoms with E-state index in [1.54, 1.807) is 0 Å². The van der Waals surface area contributed by atoms with Crippen molar-refractivity contribution in [2.24, 2.45) is 0 Å². The molecule has 0 radical (unpaired) electrons. The van der Waals surface area contributed by atoms with E-state index >= 15 is 0 Å². The fraction of sp³-hybridized carbons (Fsp3) is 0.600. The molecule has 16 heavy (non-hydrogen) atoms. The summed E-state index contributed by atoms with van der Waals surface area (Å²) in [5.74, 6) is 0.615. The molecule has 90 valence electrons. The molecule has 0 saturated carbocycles. The molecular weight excluding hydrogens is 212 g/mol. The van der Waals surface area contributed by atoms with Gasteiger partial charge in [-0.3, -0.25) is 0 Å². The van der Waals surface area contributed by atoms with E-state index in [0.29, 0.717) is 5.92 Å². The minimum Gasteiger partial charge on any atom is -0.143 e. The summed E-state index contributed by atoms with van der Waals surface area (Å²) in [4.78, 5) is 1.14. The zero-order chi connectivity index (χ0) is 12.1. The largest absolute Gasteiger partial charge is 0.143 e. The summed E-state index contributed by atoms with van der Waals surface area (Å²) in [5, 5.41) is 0. The molecule has 0 heterocycles. The Bertz CT molecular complexity index is 340. The summed E-state index contributed by atoms with van der Waals surface area (Å²) in [6.07, 6.45) is 5.13. The van der Waals surface area contributed by atoms with Crippen LogP contribution in [0, 0.1) is 6.92 Å². The van der Waals surface area contributed by atoms with Gasteiger partial charge in [0.05, 0.1) is 0 Å². The zero-order valence-electron chi connectivity index (χ0n) is 11.0. The molecule has 0 aliphatic carbocycles. The molecule has 0 spiro atoms. The van der Waals surface area contributed by atoms with E-state index in [9.17, 15) is 0 Å². The second-order valence-electron chi connectivity index (χ2n) is 4.89. The molecule has 1 rings (SSSR count). The van der Waals surface area contributed by atoms with Crippen LogP contribution in [0.5, 0.6) is 0 Å². The second kappa shape index (κ2) is 6.34. The normalized spacial score (nSPS) is 11.1. The maximum absolute atomic E-state index is 4.53. The first-order chi connectivity index (χ1) is 7.57. The number of hydrogen-bond acceptors (Lipinski definition) is 1. The maximum atomic E-state index is 4.53. The van der Waals surface area contributed by atoms with Gasteiger partial charge in [0, 0.05) is 4.90 Å². The van der Waals surface area contributed by atoms with Gasteiger partial charge in [0.2, 0.25) is 0 Å². The predicted molar refractivity (Wildman–Crippen MR) is 75.7 cm³/mol. The highest BCUT2D eigenvalue weighted by molar-refractivity contribution is 7.80. The van der Waals surface area contributed by atoms with E-state index in [-0.39, 0.29) is 0 Å².